The molecule has 0 spiro atoms. The third kappa shape index (κ3) is 4.01. The van der Waals surface area contributed by atoms with Crippen molar-refractivity contribution in [2.24, 2.45) is 0 Å². The van der Waals surface area contributed by atoms with Crippen LogP contribution in [0.1, 0.15) is 18.0 Å². The van der Waals surface area contributed by atoms with E-state index in [1.165, 1.54) is 12.1 Å². The average Bonchev–Trinajstić information content (AvgIpc) is 2.40. The van der Waals surface area contributed by atoms with E-state index in [1.54, 1.807) is 0 Å². The molecule has 2 N–H and O–H groups in total. The first-order valence-corrected chi connectivity index (χ1v) is 6.30. The zero-order valence-electron chi connectivity index (χ0n) is 10.9. The highest BCUT2D eigenvalue weighted by atomic mass is 35.5. The van der Waals surface area contributed by atoms with Crippen LogP contribution in [-0.2, 0) is 0 Å². The van der Waals surface area contributed by atoms with E-state index in [2.05, 4.69) is 5.32 Å². The minimum absolute atomic E-state index is 0. The normalized spacial score (nSPS) is 17.8. The van der Waals surface area contributed by atoms with Gasteiger partial charge < -0.3 is 10.4 Å². The molecular formula is C13H18ClF3N2O. The maximum atomic E-state index is 13.4. The Morgan fingerprint density at radius 1 is 1.25 bits per heavy atom. The molecule has 1 heterocycles. The van der Waals surface area contributed by atoms with E-state index < -0.39 is 30.5 Å². The lowest BCUT2D eigenvalue weighted by Crippen LogP contribution is -2.45. The fourth-order valence-corrected chi connectivity index (χ4v) is 2.44. The average molecular weight is 311 g/mol. The van der Waals surface area contributed by atoms with Gasteiger partial charge in [0.15, 0.2) is 11.6 Å². The Bertz CT molecular complexity index is 428. The summed E-state index contributed by atoms with van der Waals surface area (Å²) in [5.41, 5.74) is 0.238. The number of para-hydroxylation sites is 1. The number of phenols is 1. The molecule has 0 unspecified atom stereocenters. The van der Waals surface area contributed by atoms with Crippen LogP contribution >= 0.6 is 12.4 Å². The molecule has 20 heavy (non-hydrogen) atoms. The van der Waals surface area contributed by atoms with Gasteiger partial charge in [-0.15, -0.1) is 12.4 Å². The Balaban J connectivity index is 0.00000200. The van der Waals surface area contributed by atoms with Crippen LogP contribution in [0.25, 0.3) is 0 Å². The van der Waals surface area contributed by atoms with Crippen LogP contribution in [0.5, 0.6) is 5.75 Å². The Labute approximate surface area is 122 Å². The molecule has 0 amide bonds. The lowest BCUT2D eigenvalue weighted by molar-refractivity contribution is 0.0727. The number of hydrogen-bond acceptors (Lipinski definition) is 3. The summed E-state index contributed by atoms with van der Waals surface area (Å²) >= 11 is 0. The zero-order chi connectivity index (χ0) is 13.8. The van der Waals surface area contributed by atoms with Gasteiger partial charge in [-0.05, 0) is 6.07 Å². The second kappa shape index (κ2) is 7.71. The van der Waals surface area contributed by atoms with Crippen molar-refractivity contribution in [2.75, 3.05) is 26.2 Å². The number of aromatic hydroxyl groups is 1. The number of nitrogens with one attached hydrogen (secondary N) is 1. The van der Waals surface area contributed by atoms with Crippen molar-refractivity contribution in [1.82, 2.24) is 10.2 Å². The molecule has 0 saturated carbocycles. The van der Waals surface area contributed by atoms with E-state index in [4.69, 9.17) is 0 Å². The van der Waals surface area contributed by atoms with Gasteiger partial charge in [-0.3, -0.25) is 4.90 Å². The Morgan fingerprint density at radius 3 is 2.50 bits per heavy atom. The van der Waals surface area contributed by atoms with E-state index >= 15 is 0 Å². The number of piperazine rings is 1. The molecule has 1 atom stereocenters. The van der Waals surface area contributed by atoms with E-state index in [0.29, 0.717) is 26.2 Å². The maximum Gasteiger partial charge on any atom is 0.240 e. The largest absolute Gasteiger partial charge is 0.505 e. The molecule has 7 heteroatoms. The second-order valence-corrected chi connectivity index (χ2v) is 4.61. The van der Waals surface area contributed by atoms with Gasteiger partial charge in [-0.25, -0.2) is 13.2 Å². The third-order valence-electron chi connectivity index (χ3n) is 3.37. The van der Waals surface area contributed by atoms with Gasteiger partial charge in [0.2, 0.25) is 6.43 Å². The summed E-state index contributed by atoms with van der Waals surface area (Å²) in [6, 6.07) is 3.41. The monoisotopic (exact) mass is 310 g/mol. The summed E-state index contributed by atoms with van der Waals surface area (Å²) in [6.45, 7) is 2.62. The van der Waals surface area contributed by atoms with Crippen molar-refractivity contribution < 1.29 is 18.3 Å². The van der Waals surface area contributed by atoms with Gasteiger partial charge in [0.05, 0.1) is 0 Å². The van der Waals surface area contributed by atoms with Crippen LogP contribution in [0.3, 0.4) is 0 Å². The molecule has 0 bridgehead atoms. The Morgan fingerprint density at radius 2 is 1.90 bits per heavy atom. The summed E-state index contributed by atoms with van der Waals surface area (Å²) in [4.78, 5) is 1.86. The van der Waals surface area contributed by atoms with Crippen molar-refractivity contribution in [2.45, 2.75) is 18.9 Å². The first-order chi connectivity index (χ1) is 9.09. The molecule has 0 aliphatic carbocycles. The minimum Gasteiger partial charge on any atom is -0.505 e. The van der Waals surface area contributed by atoms with Gasteiger partial charge in [-0.2, -0.15) is 0 Å². The highest BCUT2D eigenvalue weighted by Crippen LogP contribution is 2.34. The van der Waals surface area contributed by atoms with Crippen molar-refractivity contribution in [3.05, 3.63) is 29.6 Å². The first kappa shape index (κ1) is 17.1. The number of phenolic OH excluding ortho intramolecular Hbond substituents is 1. The van der Waals surface area contributed by atoms with Crippen LogP contribution in [0, 0.1) is 5.82 Å². The summed E-state index contributed by atoms with van der Waals surface area (Å²) in [7, 11) is 0. The highest BCUT2D eigenvalue weighted by molar-refractivity contribution is 5.85. The fourth-order valence-electron chi connectivity index (χ4n) is 2.44. The van der Waals surface area contributed by atoms with E-state index in [-0.39, 0.29) is 18.0 Å². The molecule has 1 saturated heterocycles. The van der Waals surface area contributed by atoms with Crippen LogP contribution in [-0.4, -0.2) is 42.6 Å². The van der Waals surface area contributed by atoms with Crippen molar-refractivity contribution in [3.63, 3.8) is 0 Å². The number of alkyl halides is 2. The molecule has 1 aromatic carbocycles. The molecule has 1 aliphatic rings. The highest BCUT2D eigenvalue weighted by Gasteiger charge is 2.28. The first-order valence-electron chi connectivity index (χ1n) is 6.30. The van der Waals surface area contributed by atoms with Crippen LogP contribution < -0.4 is 5.32 Å². The van der Waals surface area contributed by atoms with E-state index in [1.807, 2.05) is 4.90 Å². The lowest BCUT2D eigenvalue weighted by atomic mass is 10.00. The lowest BCUT2D eigenvalue weighted by Gasteiger charge is -2.35. The van der Waals surface area contributed by atoms with Crippen LogP contribution in [0.2, 0.25) is 0 Å². The predicted octanol–water partition coefficient (Wildman–Crippen LogP) is 2.55. The molecule has 0 aromatic heterocycles. The molecule has 1 aliphatic heterocycles. The van der Waals surface area contributed by atoms with Crippen LogP contribution in [0.4, 0.5) is 13.2 Å². The van der Waals surface area contributed by atoms with Gasteiger partial charge >= 0.3 is 0 Å². The number of benzene rings is 1. The quantitative estimate of drug-likeness (QED) is 0.897. The summed E-state index contributed by atoms with van der Waals surface area (Å²) in [5.74, 6) is -1.29. The molecular weight excluding hydrogens is 293 g/mol. The molecule has 2 rings (SSSR count). The summed E-state index contributed by atoms with van der Waals surface area (Å²) < 4.78 is 38.9. The zero-order valence-corrected chi connectivity index (χ0v) is 11.7. The topological polar surface area (TPSA) is 35.5 Å². The summed E-state index contributed by atoms with van der Waals surface area (Å²) in [6.07, 6.45) is -2.90. The van der Waals surface area contributed by atoms with Gasteiger partial charge in [0.1, 0.15) is 0 Å². The molecule has 114 valence electrons. The Hall–Kier alpha value is -0.980. The SMILES string of the molecule is Cl.Oc1c(F)cccc1[C@@H](CC(F)F)N1CCNCC1. The number of rotatable bonds is 4. The number of hydrogen-bond donors (Lipinski definition) is 2. The van der Waals surface area contributed by atoms with Crippen LogP contribution in [0.15, 0.2) is 18.2 Å². The van der Waals surface area contributed by atoms with E-state index in [9.17, 15) is 18.3 Å². The molecule has 1 aromatic rings. The predicted molar refractivity (Wildman–Crippen MR) is 73.1 cm³/mol. The second-order valence-electron chi connectivity index (χ2n) is 4.61. The van der Waals surface area contributed by atoms with Crippen molar-refractivity contribution in [1.29, 1.82) is 0 Å². The smallest absolute Gasteiger partial charge is 0.240 e. The van der Waals surface area contributed by atoms with Gasteiger partial charge in [0.25, 0.3) is 0 Å². The molecule has 1 fully saturated rings. The minimum atomic E-state index is -2.50. The standard InChI is InChI=1S/C13H17F3N2O.ClH/c14-10-3-1-2-9(13(10)19)11(8-12(15)16)18-6-4-17-5-7-18;/h1-3,11-12,17,19H,4-8H2;1H/t11-;/m1./s1. The molecule has 0 radical (unpaired) electrons. The van der Waals surface area contributed by atoms with Crippen molar-refractivity contribution in [3.8, 4) is 5.75 Å². The fraction of sp³-hybridized carbons (Fsp3) is 0.538. The van der Waals surface area contributed by atoms with Gasteiger partial charge in [0, 0.05) is 44.2 Å². The number of nitrogens with zero attached hydrogens (tertiary/aromatic N) is 1. The number of halogens is 4. The van der Waals surface area contributed by atoms with Crippen molar-refractivity contribution >= 4 is 12.4 Å². The van der Waals surface area contributed by atoms with E-state index in [0.717, 1.165) is 6.07 Å². The van der Waals surface area contributed by atoms with Gasteiger partial charge in [-0.1, -0.05) is 12.1 Å². The summed E-state index contributed by atoms with van der Waals surface area (Å²) in [5, 5.41) is 12.9. The molecule has 3 nitrogen and oxygen atoms in total. The maximum absolute atomic E-state index is 13.4. The Kier molecular flexibility index (Phi) is 6.58. The third-order valence-corrected chi connectivity index (χ3v) is 3.37.